The predicted molar refractivity (Wildman–Crippen MR) is 126 cm³/mol. The van der Waals surface area contributed by atoms with Gasteiger partial charge in [0.25, 0.3) is 16.8 Å². The lowest BCUT2D eigenvalue weighted by molar-refractivity contribution is -0.385. The number of hydrogen-bond acceptors (Lipinski definition) is 10. The molecule has 2 amide bonds. The molecule has 184 valence electrons. The van der Waals surface area contributed by atoms with Crippen LogP contribution >= 0.6 is 11.8 Å². The van der Waals surface area contributed by atoms with Crippen molar-refractivity contribution in [2.45, 2.75) is 31.8 Å². The summed E-state index contributed by atoms with van der Waals surface area (Å²) >= 11 is 0.662. The second-order valence-corrected chi connectivity index (χ2v) is 10.2. The van der Waals surface area contributed by atoms with Crippen molar-refractivity contribution in [3.05, 3.63) is 68.6 Å². The highest BCUT2D eigenvalue weighted by Crippen LogP contribution is 2.32. The summed E-state index contributed by atoms with van der Waals surface area (Å²) in [5, 5.41) is 10.5. The zero-order valence-electron chi connectivity index (χ0n) is 18.8. The maximum atomic E-state index is 12.5. The number of carbonyl (C=O) groups excluding carboxylic acids is 3. The number of benzene rings is 2. The first-order chi connectivity index (χ1) is 16.4. The van der Waals surface area contributed by atoms with Gasteiger partial charge in [0, 0.05) is 11.6 Å². The highest BCUT2D eigenvalue weighted by atomic mass is 32.2. The van der Waals surface area contributed by atoms with Gasteiger partial charge in [-0.25, -0.2) is 0 Å². The number of nitro groups is 1. The van der Waals surface area contributed by atoms with E-state index < -0.39 is 38.7 Å². The average molecular weight is 521 g/mol. The van der Waals surface area contributed by atoms with Crippen LogP contribution in [0, 0.1) is 17.0 Å². The van der Waals surface area contributed by atoms with Crippen LogP contribution < -0.4 is 4.18 Å². The van der Waals surface area contributed by atoms with Crippen molar-refractivity contribution in [2.75, 3.05) is 6.54 Å². The van der Waals surface area contributed by atoms with E-state index >= 15 is 0 Å². The minimum Gasteiger partial charge on any atom is -0.462 e. The van der Waals surface area contributed by atoms with E-state index in [1.54, 1.807) is 13.8 Å². The maximum absolute atomic E-state index is 12.5. The fraction of sp³-hybridized carbons (Fsp3) is 0.227. The predicted octanol–water partition coefficient (Wildman–Crippen LogP) is 3.66. The van der Waals surface area contributed by atoms with Crippen LogP contribution in [0.15, 0.2) is 52.3 Å². The summed E-state index contributed by atoms with van der Waals surface area (Å²) in [7, 11) is -4.34. The molecule has 0 bridgehead atoms. The van der Waals surface area contributed by atoms with Gasteiger partial charge >= 0.3 is 16.1 Å². The third-order valence-corrected chi connectivity index (χ3v) is 6.73. The highest BCUT2D eigenvalue weighted by molar-refractivity contribution is 8.18. The molecule has 0 N–H and O–H groups in total. The number of esters is 1. The first-order valence-corrected chi connectivity index (χ1v) is 12.3. The van der Waals surface area contributed by atoms with Crippen molar-refractivity contribution in [3.63, 3.8) is 0 Å². The van der Waals surface area contributed by atoms with Crippen molar-refractivity contribution < 1.29 is 36.6 Å². The first-order valence-electron chi connectivity index (χ1n) is 10.1. The number of rotatable bonds is 8. The molecule has 0 saturated carbocycles. The van der Waals surface area contributed by atoms with Crippen molar-refractivity contribution in [3.8, 4) is 5.75 Å². The molecule has 0 aromatic heterocycles. The smallest absolute Gasteiger partial charge is 0.339 e. The SMILES string of the molecule is Cc1ccc(S(=O)(=O)Oc2ccc(/C=C3\SC(=O)N(CC(=O)OC(C)C)C3=O)cc2)cc1[N+](=O)[O-]. The van der Waals surface area contributed by atoms with Crippen LogP contribution in [-0.4, -0.2) is 48.0 Å². The molecular formula is C22H20N2O9S2. The number of nitrogens with zero attached hydrogens (tertiary/aromatic N) is 2. The standard InChI is InChI=1S/C22H20N2O9S2/c1-13(2)32-20(25)12-23-21(26)19(34-22(23)27)10-15-5-7-16(8-6-15)33-35(30,31)17-9-4-14(3)18(11-17)24(28)29/h4-11,13H,12H2,1-3H3/b19-10-. The number of hydrogen-bond donors (Lipinski definition) is 0. The molecular weight excluding hydrogens is 500 g/mol. The van der Waals surface area contributed by atoms with E-state index in [1.165, 1.54) is 49.4 Å². The molecule has 1 aliphatic heterocycles. The van der Waals surface area contributed by atoms with Crippen molar-refractivity contribution in [2.24, 2.45) is 0 Å². The molecule has 0 spiro atoms. The third-order valence-electron chi connectivity index (χ3n) is 4.58. The largest absolute Gasteiger partial charge is 0.462 e. The Morgan fingerprint density at radius 2 is 1.83 bits per heavy atom. The molecule has 1 heterocycles. The quantitative estimate of drug-likeness (QED) is 0.166. The minimum absolute atomic E-state index is 0.0603. The molecule has 35 heavy (non-hydrogen) atoms. The molecule has 0 atom stereocenters. The van der Waals surface area contributed by atoms with Gasteiger partial charge < -0.3 is 8.92 Å². The van der Waals surface area contributed by atoms with Crippen molar-refractivity contribution in [1.82, 2.24) is 4.90 Å². The highest BCUT2D eigenvalue weighted by Gasteiger charge is 2.36. The number of carbonyl (C=O) groups is 3. The van der Waals surface area contributed by atoms with E-state index in [0.717, 1.165) is 11.0 Å². The number of aryl methyl sites for hydroxylation is 1. The number of ether oxygens (including phenoxy) is 1. The van der Waals surface area contributed by atoms with E-state index in [-0.39, 0.29) is 27.3 Å². The van der Waals surface area contributed by atoms with Crippen molar-refractivity contribution in [1.29, 1.82) is 0 Å². The number of amides is 2. The monoisotopic (exact) mass is 520 g/mol. The molecule has 1 aliphatic rings. The summed E-state index contributed by atoms with van der Waals surface area (Å²) in [6.45, 7) is 4.28. The maximum Gasteiger partial charge on any atom is 0.339 e. The van der Waals surface area contributed by atoms with Gasteiger partial charge in [-0.05, 0) is 62.4 Å². The molecule has 0 aliphatic carbocycles. The Morgan fingerprint density at radius 1 is 1.17 bits per heavy atom. The molecule has 2 aromatic rings. The fourth-order valence-corrected chi connectivity index (χ4v) is 4.74. The fourth-order valence-electron chi connectivity index (χ4n) is 2.95. The third kappa shape index (κ3) is 6.25. The molecule has 11 nitrogen and oxygen atoms in total. The zero-order chi connectivity index (χ0) is 25.9. The van der Waals surface area contributed by atoms with Crippen LogP contribution in [0.3, 0.4) is 0 Å². The van der Waals surface area contributed by atoms with Crippen LogP contribution in [0.5, 0.6) is 5.75 Å². The number of thioether (sulfide) groups is 1. The Kier molecular flexibility index (Phi) is 7.60. The van der Waals surface area contributed by atoms with Gasteiger partial charge in [0.05, 0.1) is 15.9 Å². The van der Waals surface area contributed by atoms with E-state index in [1.807, 2.05) is 0 Å². The van der Waals surface area contributed by atoms with Gasteiger partial charge in [0.2, 0.25) is 0 Å². The lowest BCUT2D eigenvalue weighted by Crippen LogP contribution is -2.35. The van der Waals surface area contributed by atoms with E-state index in [4.69, 9.17) is 8.92 Å². The summed E-state index contributed by atoms with van der Waals surface area (Å²) in [6, 6.07) is 9.03. The zero-order valence-corrected chi connectivity index (χ0v) is 20.4. The van der Waals surface area contributed by atoms with Gasteiger partial charge in [-0.2, -0.15) is 8.42 Å². The Bertz CT molecular complexity index is 1330. The molecule has 13 heteroatoms. The average Bonchev–Trinajstić information content (AvgIpc) is 3.01. The van der Waals surface area contributed by atoms with Crippen LogP contribution in [0.4, 0.5) is 10.5 Å². The van der Waals surface area contributed by atoms with E-state index in [2.05, 4.69) is 0 Å². The number of imide groups is 1. The molecule has 1 saturated heterocycles. The Labute approximate surface area is 205 Å². The van der Waals surface area contributed by atoms with Crippen molar-refractivity contribution >= 4 is 50.8 Å². The lowest BCUT2D eigenvalue weighted by Gasteiger charge is -2.13. The Hall–Kier alpha value is -3.71. The lowest BCUT2D eigenvalue weighted by atomic mass is 10.2. The summed E-state index contributed by atoms with van der Waals surface area (Å²) < 4.78 is 35.1. The van der Waals surface area contributed by atoms with Gasteiger partial charge in [-0.1, -0.05) is 18.2 Å². The molecule has 2 aromatic carbocycles. The summed E-state index contributed by atoms with van der Waals surface area (Å²) in [6.07, 6.45) is 1.03. The van der Waals surface area contributed by atoms with Gasteiger partial charge in [0.15, 0.2) is 0 Å². The summed E-state index contributed by atoms with van der Waals surface area (Å²) in [5.74, 6) is -1.41. The van der Waals surface area contributed by atoms with Crippen LogP contribution in [0.25, 0.3) is 6.08 Å². The van der Waals surface area contributed by atoms with E-state index in [9.17, 15) is 32.9 Å². The van der Waals surface area contributed by atoms with Crippen LogP contribution in [0.1, 0.15) is 25.0 Å². The molecule has 1 fully saturated rings. The Balaban J connectivity index is 1.73. The first kappa shape index (κ1) is 25.9. The van der Waals surface area contributed by atoms with Gasteiger partial charge in [-0.3, -0.25) is 29.4 Å². The van der Waals surface area contributed by atoms with Gasteiger partial charge in [0.1, 0.15) is 17.2 Å². The topological polar surface area (TPSA) is 150 Å². The Morgan fingerprint density at radius 3 is 2.43 bits per heavy atom. The molecule has 0 unspecified atom stereocenters. The normalized spacial score (nSPS) is 15.1. The second-order valence-electron chi connectivity index (χ2n) is 7.62. The summed E-state index contributed by atoms with van der Waals surface area (Å²) in [5.41, 5.74) is 0.423. The van der Waals surface area contributed by atoms with Gasteiger partial charge in [-0.15, -0.1) is 0 Å². The minimum atomic E-state index is -4.34. The van der Waals surface area contributed by atoms with E-state index in [0.29, 0.717) is 22.9 Å². The number of nitro benzene ring substituents is 1. The molecule has 0 radical (unpaired) electrons. The van der Waals surface area contributed by atoms with Crippen LogP contribution in [-0.2, 0) is 24.4 Å². The van der Waals surface area contributed by atoms with Crippen LogP contribution in [0.2, 0.25) is 0 Å². The molecule has 3 rings (SSSR count). The second kappa shape index (κ2) is 10.3. The summed E-state index contributed by atoms with van der Waals surface area (Å²) in [4.78, 5) is 47.3.